The molecule has 6 heteroatoms. The first-order valence-electron chi connectivity index (χ1n) is 11.2. The number of benzene rings is 2. The summed E-state index contributed by atoms with van der Waals surface area (Å²) in [4.78, 5) is 30.8. The number of amides is 2. The van der Waals surface area contributed by atoms with E-state index in [1.165, 1.54) is 11.1 Å². The van der Waals surface area contributed by atoms with Gasteiger partial charge >= 0.3 is 0 Å². The van der Waals surface area contributed by atoms with Gasteiger partial charge in [0.25, 0.3) is 0 Å². The molecule has 2 aromatic carbocycles. The summed E-state index contributed by atoms with van der Waals surface area (Å²) in [5.74, 6) is -0.0653. The van der Waals surface area contributed by atoms with Crippen molar-refractivity contribution in [1.82, 2.24) is 14.7 Å². The first-order chi connectivity index (χ1) is 15.1. The van der Waals surface area contributed by atoms with Crippen LogP contribution in [0.4, 0.5) is 0 Å². The van der Waals surface area contributed by atoms with Crippen LogP contribution in [0.1, 0.15) is 30.0 Å². The Labute approximate surface area is 184 Å². The predicted molar refractivity (Wildman–Crippen MR) is 121 cm³/mol. The summed E-state index contributed by atoms with van der Waals surface area (Å²) in [6.07, 6.45) is 1.51. The molecule has 2 aliphatic heterocycles. The van der Waals surface area contributed by atoms with Crippen LogP contribution >= 0.6 is 0 Å². The lowest BCUT2D eigenvalue weighted by atomic mass is 9.96. The molecule has 0 unspecified atom stereocenters. The summed E-state index contributed by atoms with van der Waals surface area (Å²) in [5, 5.41) is 0. The van der Waals surface area contributed by atoms with E-state index in [9.17, 15) is 9.59 Å². The lowest BCUT2D eigenvalue weighted by Crippen LogP contribution is -2.52. The number of piperazine rings is 1. The molecule has 0 aliphatic carbocycles. The van der Waals surface area contributed by atoms with Crippen LogP contribution in [0.2, 0.25) is 0 Å². The minimum Gasteiger partial charge on any atom is -0.369 e. The molecule has 0 aromatic heterocycles. The quantitative estimate of drug-likeness (QED) is 0.777. The van der Waals surface area contributed by atoms with Gasteiger partial charge in [-0.05, 0) is 37.1 Å². The average molecular weight is 421 g/mol. The van der Waals surface area contributed by atoms with Gasteiger partial charge < -0.3 is 10.6 Å². The molecule has 0 radical (unpaired) electrons. The first kappa shape index (κ1) is 21.5. The Hall–Kier alpha value is -2.70. The van der Waals surface area contributed by atoms with Crippen molar-refractivity contribution < 1.29 is 9.59 Å². The normalized spacial score (nSPS) is 18.9. The van der Waals surface area contributed by atoms with E-state index in [4.69, 9.17) is 5.73 Å². The summed E-state index contributed by atoms with van der Waals surface area (Å²) >= 11 is 0. The third kappa shape index (κ3) is 5.32. The largest absolute Gasteiger partial charge is 0.369 e. The highest BCUT2D eigenvalue weighted by Crippen LogP contribution is 2.29. The second-order valence-corrected chi connectivity index (χ2v) is 8.59. The molecule has 2 heterocycles. The Morgan fingerprint density at radius 1 is 0.806 bits per heavy atom. The molecule has 2 aliphatic rings. The van der Waals surface area contributed by atoms with Crippen molar-refractivity contribution in [2.45, 2.75) is 18.9 Å². The molecule has 2 saturated heterocycles. The third-order valence-corrected chi connectivity index (χ3v) is 6.61. The number of rotatable bonds is 6. The van der Waals surface area contributed by atoms with Crippen LogP contribution < -0.4 is 5.73 Å². The number of hydrogen-bond acceptors (Lipinski definition) is 4. The van der Waals surface area contributed by atoms with E-state index in [0.29, 0.717) is 6.54 Å². The molecule has 0 atom stereocenters. The molecule has 4 rings (SSSR count). The Balaban J connectivity index is 1.35. The Morgan fingerprint density at radius 3 is 1.81 bits per heavy atom. The number of primary amides is 1. The maximum atomic E-state index is 12.9. The molecule has 2 aromatic rings. The van der Waals surface area contributed by atoms with Gasteiger partial charge in [-0.25, -0.2) is 0 Å². The number of nitrogens with two attached hydrogens (primary N) is 1. The van der Waals surface area contributed by atoms with Crippen molar-refractivity contribution in [2.24, 2.45) is 11.7 Å². The maximum absolute atomic E-state index is 12.9. The molecule has 2 amide bonds. The number of nitrogens with zero attached hydrogens (tertiary/aromatic N) is 3. The van der Waals surface area contributed by atoms with Gasteiger partial charge in [0.05, 0.1) is 12.6 Å². The zero-order valence-electron chi connectivity index (χ0n) is 18.0. The van der Waals surface area contributed by atoms with Crippen LogP contribution in [-0.2, 0) is 9.59 Å². The second kappa shape index (κ2) is 10.1. The van der Waals surface area contributed by atoms with Crippen LogP contribution in [0.3, 0.4) is 0 Å². The number of piperidine rings is 1. The summed E-state index contributed by atoms with van der Waals surface area (Å²) < 4.78 is 0. The summed E-state index contributed by atoms with van der Waals surface area (Å²) in [5.41, 5.74) is 7.98. The Morgan fingerprint density at radius 2 is 1.32 bits per heavy atom. The van der Waals surface area contributed by atoms with E-state index in [1.54, 1.807) is 0 Å². The van der Waals surface area contributed by atoms with E-state index in [-0.39, 0.29) is 23.8 Å². The molecule has 164 valence electrons. The van der Waals surface area contributed by atoms with Crippen molar-refractivity contribution in [3.8, 4) is 0 Å². The van der Waals surface area contributed by atoms with Gasteiger partial charge in [-0.3, -0.25) is 19.4 Å². The smallest absolute Gasteiger partial charge is 0.236 e. The zero-order chi connectivity index (χ0) is 21.6. The number of carbonyl (C=O) groups excluding carboxylic acids is 2. The van der Waals surface area contributed by atoms with Gasteiger partial charge in [-0.1, -0.05) is 60.7 Å². The van der Waals surface area contributed by atoms with Crippen molar-refractivity contribution in [3.63, 3.8) is 0 Å². The van der Waals surface area contributed by atoms with Crippen LogP contribution in [-0.4, -0.2) is 72.3 Å². The van der Waals surface area contributed by atoms with Gasteiger partial charge in [-0.15, -0.1) is 0 Å². The standard InChI is InChI=1S/C25H32N4O2/c26-25(31)22-11-13-27(14-12-22)19-23(30)28-15-17-29(18-16-28)24(20-7-3-1-4-8-20)21-9-5-2-6-10-21/h1-10,22,24H,11-19H2,(H2,26,31). The minimum atomic E-state index is -0.214. The lowest BCUT2D eigenvalue weighted by molar-refractivity contribution is -0.134. The molecule has 2 fully saturated rings. The van der Waals surface area contributed by atoms with E-state index in [1.807, 2.05) is 17.0 Å². The highest BCUT2D eigenvalue weighted by molar-refractivity contribution is 5.79. The number of hydrogen-bond donors (Lipinski definition) is 1. The van der Waals surface area contributed by atoms with Crippen molar-refractivity contribution in [2.75, 3.05) is 45.8 Å². The van der Waals surface area contributed by atoms with E-state index in [0.717, 1.165) is 52.1 Å². The van der Waals surface area contributed by atoms with Crippen molar-refractivity contribution >= 4 is 11.8 Å². The molecule has 2 N–H and O–H groups in total. The van der Waals surface area contributed by atoms with Gasteiger partial charge in [0.15, 0.2) is 0 Å². The van der Waals surface area contributed by atoms with Crippen LogP contribution in [0.25, 0.3) is 0 Å². The van der Waals surface area contributed by atoms with Crippen molar-refractivity contribution in [1.29, 1.82) is 0 Å². The fraction of sp³-hybridized carbons (Fsp3) is 0.440. The Kier molecular flexibility index (Phi) is 6.99. The van der Waals surface area contributed by atoms with Crippen LogP contribution in [0.5, 0.6) is 0 Å². The fourth-order valence-electron chi connectivity index (χ4n) is 4.78. The highest BCUT2D eigenvalue weighted by atomic mass is 16.2. The maximum Gasteiger partial charge on any atom is 0.236 e. The first-order valence-corrected chi connectivity index (χ1v) is 11.2. The van der Waals surface area contributed by atoms with Gasteiger partial charge in [-0.2, -0.15) is 0 Å². The van der Waals surface area contributed by atoms with Gasteiger partial charge in [0, 0.05) is 32.1 Å². The molecule has 6 nitrogen and oxygen atoms in total. The molecule has 0 saturated carbocycles. The topological polar surface area (TPSA) is 69.9 Å². The SMILES string of the molecule is NC(=O)C1CCN(CC(=O)N2CCN(C(c3ccccc3)c3ccccc3)CC2)CC1. The third-order valence-electron chi connectivity index (χ3n) is 6.61. The Bertz CT molecular complexity index is 818. The van der Waals surface area contributed by atoms with E-state index >= 15 is 0 Å². The number of likely N-dealkylation sites (tertiary alicyclic amines) is 1. The van der Waals surface area contributed by atoms with E-state index in [2.05, 4.69) is 58.3 Å². The molecule has 0 spiro atoms. The molecular formula is C25H32N4O2. The van der Waals surface area contributed by atoms with E-state index < -0.39 is 0 Å². The van der Waals surface area contributed by atoms with Crippen LogP contribution in [0, 0.1) is 5.92 Å². The summed E-state index contributed by atoms with van der Waals surface area (Å²) in [7, 11) is 0. The van der Waals surface area contributed by atoms with Gasteiger partial charge in [0.2, 0.25) is 11.8 Å². The zero-order valence-corrected chi connectivity index (χ0v) is 18.0. The highest BCUT2D eigenvalue weighted by Gasteiger charge is 2.30. The number of carbonyl (C=O) groups is 2. The average Bonchev–Trinajstić information content (AvgIpc) is 2.81. The molecule has 31 heavy (non-hydrogen) atoms. The fourth-order valence-corrected chi connectivity index (χ4v) is 4.78. The lowest BCUT2D eigenvalue weighted by Gasteiger charge is -2.40. The minimum absolute atomic E-state index is 0.0391. The van der Waals surface area contributed by atoms with Crippen molar-refractivity contribution in [3.05, 3.63) is 71.8 Å². The van der Waals surface area contributed by atoms with Crippen LogP contribution in [0.15, 0.2) is 60.7 Å². The predicted octanol–water partition coefficient (Wildman–Crippen LogP) is 2.12. The molecular weight excluding hydrogens is 388 g/mol. The monoisotopic (exact) mass is 420 g/mol. The summed E-state index contributed by atoms with van der Waals surface area (Å²) in [6.45, 7) is 5.16. The molecule has 0 bridgehead atoms. The van der Waals surface area contributed by atoms with Gasteiger partial charge in [0.1, 0.15) is 0 Å². The summed E-state index contributed by atoms with van der Waals surface area (Å²) in [6, 6.07) is 21.4. The second-order valence-electron chi connectivity index (χ2n) is 8.59.